The van der Waals surface area contributed by atoms with Gasteiger partial charge in [-0.15, -0.1) is 5.10 Å². The molecule has 7 rings (SSSR count). The summed E-state index contributed by atoms with van der Waals surface area (Å²) in [7, 11) is 0. The number of fused-ring (bicyclic) bond motifs is 2. The van der Waals surface area contributed by atoms with Gasteiger partial charge in [-0.05, 0) is 64.9 Å². The number of nitrogens with one attached hydrogen (secondary N) is 3. The highest BCUT2D eigenvalue weighted by Gasteiger charge is 2.34. The lowest BCUT2D eigenvalue weighted by molar-refractivity contribution is 0.126. The highest BCUT2D eigenvalue weighted by molar-refractivity contribution is 5.92. The van der Waals surface area contributed by atoms with E-state index in [-0.39, 0.29) is 18.1 Å². The van der Waals surface area contributed by atoms with Crippen LogP contribution in [0.1, 0.15) is 59.6 Å². The lowest BCUT2D eigenvalue weighted by Crippen LogP contribution is -2.53. The fraction of sp³-hybridized carbons (Fsp3) is 0.353. The van der Waals surface area contributed by atoms with E-state index in [0.717, 1.165) is 51.0 Å². The number of urea groups is 2. The molecule has 1 saturated heterocycles. The molecule has 46 heavy (non-hydrogen) atoms. The first kappa shape index (κ1) is 29.5. The Hall–Kier alpha value is -5.26. The molecule has 4 heterocycles. The number of benzene rings is 3. The van der Waals surface area contributed by atoms with E-state index in [0.29, 0.717) is 51.3 Å². The summed E-state index contributed by atoms with van der Waals surface area (Å²) in [5.74, 6) is 0.594. The molecule has 236 valence electrons. The minimum Gasteiger partial charge on any atom is -0.328 e. The largest absolute Gasteiger partial charge is 0.328 e. The third kappa shape index (κ3) is 5.78. The van der Waals surface area contributed by atoms with Crippen LogP contribution in [0.2, 0.25) is 0 Å². The van der Waals surface area contributed by atoms with Gasteiger partial charge in [0.2, 0.25) is 0 Å². The van der Waals surface area contributed by atoms with Gasteiger partial charge in [0.1, 0.15) is 0 Å². The van der Waals surface area contributed by atoms with Crippen LogP contribution in [0.25, 0.3) is 10.9 Å². The number of anilines is 1. The number of rotatable bonds is 8. The second kappa shape index (κ2) is 12.6. The molecule has 2 aliphatic rings. The SMILES string of the molecule is CCc1c(CC(NC(=O)N2CCC(N3Cc4ccccc4NC3=O)CC2)c2nnnn2Cc2ccccc2)ccc2c(C)[nH]nc12. The van der Waals surface area contributed by atoms with Gasteiger partial charge < -0.3 is 20.4 Å². The monoisotopic (exact) mass is 618 g/mol. The first-order valence-corrected chi connectivity index (χ1v) is 15.9. The molecule has 3 aromatic carbocycles. The van der Waals surface area contributed by atoms with Crippen LogP contribution >= 0.6 is 0 Å². The second-order valence-electron chi connectivity index (χ2n) is 12.1. The van der Waals surface area contributed by atoms with Gasteiger partial charge in [-0.25, -0.2) is 14.3 Å². The van der Waals surface area contributed by atoms with Crippen LogP contribution in [0, 0.1) is 6.92 Å². The summed E-state index contributed by atoms with van der Waals surface area (Å²) in [5, 5.41) is 27.9. The van der Waals surface area contributed by atoms with E-state index in [4.69, 9.17) is 0 Å². The fourth-order valence-electron chi connectivity index (χ4n) is 6.79. The van der Waals surface area contributed by atoms with Crippen LogP contribution in [-0.2, 0) is 25.9 Å². The van der Waals surface area contributed by atoms with Crippen LogP contribution in [0.15, 0.2) is 66.7 Å². The molecular weight excluding hydrogens is 580 g/mol. The summed E-state index contributed by atoms with van der Waals surface area (Å²) in [5.41, 5.74) is 7.26. The molecule has 0 radical (unpaired) electrons. The molecule has 0 aliphatic carbocycles. The molecule has 1 fully saturated rings. The number of likely N-dealkylation sites (tertiary alicyclic amines) is 1. The zero-order valence-corrected chi connectivity index (χ0v) is 26.1. The Morgan fingerprint density at radius 2 is 1.83 bits per heavy atom. The number of carbonyl (C=O) groups excluding carboxylic acids is 2. The van der Waals surface area contributed by atoms with Gasteiger partial charge in [-0.2, -0.15) is 5.10 Å². The van der Waals surface area contributed by atoms with Crippen molar-refractivity contribution in [3.05, 3.63) is 101 Å². The van der Waals surface area contributed by atoms with Gasteiger partial charge in [-0.3, -0.25) is 5.10 Å². The lowest BCUT2D eigenvalue weighted by atomic mass is 9.95. The van der Waals surface area contributed by atoms with Gasteiger partial charge in [0.05, 0.1) is 18.1 Å². The van der Waals surface area contributed by atoms with Crippen LogP contribution < -0.4 is 10.6 Å². The third-order valence-corrected chi connectivity index (χ3v) is 9.29. The highest BCUT2D eigenvalue weighted by atomic mass is 16.2. The Kier molecular flexibility index (Phi) is 8.08. The maximum Gasteiger partial charge on any atom is 0.322 e. The van der Waals surface area contributed by atoms with Gasteiger partial charge >= 0.3 is 12.1 Å². The number of hydrogen-bond donors (Lipinski definition) is 3. The smallest absolute Gasteiger partial charge is 0.322 e. The van der Waals surface area contributed by atoms with Crippen LogP contribution in [-0.4, -0.2) is 71.4 Å². The molecule has 1 atom stereocenters. The minimum atomic E-state index is -0.476. The second-order valence-corrected chi connectivity index (χ2v) is 12.1. The van der Waals surface area contributed by atoms with E-state index < -0.39 is 6.04 Å². The molecule has 2 aromatic heterocycles. The molecule has 3 N–H and O–H groups in total. The molecule has 0 spiro atoms. The van der Waals surface area contributed by atoms with Crippen molar-refractivity contribution >= 4 is 28.7 Å². The van der Waals surface area contributed by atoms with Crippen molar-refractivity contribution < 1.29 is 9.59 Å². The average Bonchev–Trinajstić information content (AvgIpc) is 3.70. The predicted molar refractivity (Wildman–Crippen MR) is 174 cm³/mol. The number of carbonyl (C=O) groups is 2. The number of nitrogens with zero attached hydrogens (tertiary/aromatic N) is 7. The normalized spacial score (nSPS) is 15.9. The number of hydrogen-bond acceptors (Lipinski definition) is 6. The molecule has 1 unspecified atom stereocenters. The summed E-state index contributed by atoms with van der Waals surface area (Å²) in [6, 6.07) is 21.5. The number of para-hydroxylation sites is 1. The predicted octanol–water partition coefficient (Wildman–Crippen LogP) is 4.97. The topological polar surface area (TPSA) is 137 Å². The Labute approximate surface area is 267 Å². The van der Waals surface area contributed by atoms with E-state index >= 15 is 0 Å². The molecule has 2 aliphatic heterocycles. The van der Waals surface area contributed by atoms with Gasteiger partial charge in [-0.1, -0.05) is 67.6 Å². The molecule has 4 amide bonds. The Bertz CT molecular complexity index is 1860. The maximum atomic E-state index is 13.9. The summed E-state index contributed by atoms with van der Waals surface area (Å²) in [6.45, 7) is 6.30. The van der Waals surface area contributed by atoms with Gasteiger partial charge in [0.25, 0.3) is 0 Å². The summed E-state index contributed by atoms with van der Waals surface area (Å²) in [6.07, 6.45) is 2.72. The van der Waals surface area contributed by atoms with Crippen molar-refractivity contribution in [1.82, 2.24) is 45.5 Å². The zero-order valence-electron chi connectivity index (χ0n) is 26.1. The number of H-pyrrole nitrogens is 1. The summed E-state index contributed by atoms with van der Waals surface area (Å²) >= 11 is 0. The van der Waals surface area contributed by atoms with Crippen molar-refractivity contribution in [1.29, 1.82) is 0 Å². The van der Waals surface area contributed by atoms with E-state index in [1.807, 2.05) is 71.3 Å². The quantitative estimate of drug-likeness (QED) is 0.225. The van der Waals surface area contributed by atoms with Crippen molar-refractivity contribution in [2.24, 2.45) is 0 Å². The Morgan fingerprint density at radius 3 is 2.63 bits per heavy atom. The number of piperidine rings is 1. The molecule has 12 nitrogen and oxygen atoms in total. The fourth-order valence-corrected chi connectivity index (χ4v) is 6.79. The highest BCUT2D eigenvalue weighted by Crippen LogP contribution is 2.29. The van der Waals surface area contributed by atoms with Crippen LogP contribution in [0.5, 0.6) is 0 Å². The van der Waals surface area contributed by atoms with Gasteiger partial charge in [0.15, 0.2) is 5.82 Å². The number of aromatic amines is 1. The lowest BCUT2D eigenvalue weighted by Gasteiger charge is -2.40. The zero-order chi connectivity index (χ0) is 31.6. The Balaban J connectivity index is 1.10. The van der Waals surface area contributed by atoms with Crippen LogP contribution in [0.3, 0.4) is 0 Å². The number of aryl methyl sites for hydroxylation is 2. The van der Waals surface area contributed by atoms with Crippen molar-refractivity contribution in [3.63, 3.8) is 0 Å². The van der Waals surface area contributed by atoms with E-state index in [1.165, 1.54) is 0 Å². The molecule has 12 heteroatoms. The maximum absolute atomic E-state index is 13.9. The Morgan fingerprint density at radius 1 is 1.04 bits per heavy atom. The van der Waals surface area contributed by atoms with Crippen molar-refractivity contribution in [3.8, 4) is 0 Å². The summed E-state index contributed by atoms with van der Waals surface area (Å²) < 4.78 is 1.77. The molecule has 0 bridgehead atoms. The first-order chi connectivity index (χ1) is 22.5. The molecule has 0 saturated carbocycles. The van der Waals surface area contributed by atoms with E-state index in [2.05, 4.69) is 55.4 Å². The van der Waals surface area contributed by atoms with Crippen molar-refractivity contribution in [2.75, 3.05) is 18.4 Å². The average molecular weight is 619 g/mol. The standard InChI is InChI=1S/C34H38N10O2/c1-3-27-24(13-14-28-22(2)37-38-31(27)28)19-30(32-39-40-41-44(32)20-23-9-5-4-6-10-23)36-33(45)42-17-15-26(16-18-42)43-21-25-11-7-8-12-29(25)35-34(43)46/h4-14,26,30H,3,15-21H2,1-2H3,(H,35,46)(H,36,45)(H,37,38). The third-order valence-electron chi connectivity index (χ3n) is 9.29. The number of aromatic nitrogens is 6. The molecule has 5 aromatic rings. The first-order valence-electron chi connectivity index (χ1n) is 15.9. The van der Waals surface area contributed by atoms with Crippen molar-refractivity contribution in [2.45, 2.75) is 64.7 Å². The minimum absolute atomic E-state index is 0.0579. The van der Waals surface area contributed by atoms with E-state index in [1.54, 1.807) is 4.68 Å². The number of amides is 4. The van der Waals surface area contributed by atoms with Gasteiger partial charge in [0, 0.05) is 48.9 Å². The van der Waals surface area contributed by atoms with Crippen LogP contribution in [0.4, 0.5) is 15.3 Å². The van der Waals surface area contributed by atoms with E-state index in [9.17, 15) is 9.59 Å². The molecular formula is C34H38N10O2. The summed E-state index contributed by atoms with van der Waals surface area (Å²) in [4.78, 5) is 30.5. The number of tetrazole rings is 1.